The van der Waals surface area contributed by atoms with Crippen molar-refractivity contribution < 1.29 is 19.0 Å². The van der Waals surface area contributed by atoms with E-state index in [1.807, 2.05) is 55.5 Å². The van der Waals surface area contributed by atoms with Crippen molar-refractivity contribution in [2.24, 2.45) is 0 Å². The predicted molar refractivity (Wildman–Crippen MR) is 134 cm³/mol. The van der Waals surface area contributed by atoms with Gasteiger partial charge in [-0.1, -0.05) is 36.9 Å². The van der Waals surface area contributed by atoms with Gasteiger partial charge < -0.3 is 19.5 Å². The molecule has 0 atom stereocenters. The second-order valence-corrected chi connectivity index (χ2v) is 7.63. The zero-order valence-corrected chi connectivity index (χ0v) is 19.2. The minimum Gasteiger partial charge on any atom is -0.490 e. The number of ether oxygens (including phenoxy) is 3. The number of benzene rings is 3. The third-order valence-electron chi connectivity index (χ3n) is 4.26. The number of anilines is 1. The Morgan fingerprint density at radius 1 is 0.848 bits per heavy atom. The van der Waals surface area contributed by atoms with Crippen LogP contribution in [-0.4, -0.2) is 30.8 Å². The van der Waals surface area contributed by atoms with Gasteiger partial charge in [-0.2, -0.15) is 0 Å². The maximum Gasteiger partial charge on any atom is 0.257 e. The molecule has 0 aliphatic rings. The van der Waals surface area contributed by atoms with Gasteiger partial charge in [-0.05, 0) is 67.2 Å². The van der Waals surface area contributed by atoms with E-state index >= 15 is 0 Å². The van der Waals surface area contributed by atoms with Gasteiger partial charge >= 0.3 is 0 Å². The number of para-hydroxylation sites is 1. The van der Waals surface area contributed by atoms with E-state index in [1.54, 1.807) is 30.3 Å². The molecule has 170 valence electrons. The zero-order chi connectivity index (χ0) is 23.5. The molecule has 3 aromatic rings. The quantitative estimate of drug-likeness (QED) is 0.244. The van der Waals surface area contributed by atoms with Crippen LogP contribution in [0.15, 0.2) is 91.0 Å². The van der Waals surface area contributed by atoms with E-state index in [9.17, 15) is 4.79 Å². The lowest BCUT2D eigenvalue weighted by Gasteiger charge is -2.12. The number of carbonyl (C=O) groups excluding carboxylic acids is 1. The minimum atomic E-state index is -0.340. The fraction of sp³-hybridized carbons (Fsp3) is 0.154. The molecule has 3 rings (SSSR count). The van der Waals surface area contributed by atoms with Gasteiger partial charge in [0.1, 0.15) is 37.1 Å². The van der Waals surface area contributed by atoms with E-state index in [0.29, 0.717) is 42.6 Å². The monoisotopic (exact) mass is 462 g/mol. The molecule has 0 saturated heterocycles. The average molecular weight is 463 g/mol. The number of rotatable bonds is 10. The lowest BCUT2D eigenvalue weighted by Crippen LogP contribution is -2.34. The van der Waals surface area contributed by atoms with Crippen LogP contribution in [0.25, 0.3) is 0 Å². The summed E-state index contributed by atoms with van der Waals surface area (Å²) < 4.78 is 16.9. The molecular formula is C26H26N2O4S. The number of thiocarbonyl (C=S) groups is 1. The van der Waals surface area contributed by atoms with Crippen LogP contribution in [0.3, 0.4) is 0 Å². The molecule has 2 N–H and O–H groups in total. The Kier molecular flexibility index (Phi) is 8.85. The zero-order valence-electron chi connectivity index (χ0n) is 18.4. The van der Waals surface area contributed by atoms with Crippen LogP contribution >= 0.6 is 12.2 Å². The summed E-state index contributed by atoms with van der Waals surface area (Å²) in [5.74, 6) is 1.69. The van der Waals surface area contributed by atoms with Crippen molar-refractivity contribution in [2.75, 3.05) is 25.1 Å². The molecule has 0 bridgehead atoms. The maximum absolute atomic E-state index is 12.6. The van der Waals surface area contributed by atoms with Crippen molar-refractivity contribution in [3.63, 3.8) is 0 Å². The second kappa shape index (κ2) is 12.3. The topological polar surface area (TPSA) is 68.8 Å². The van der Waals surface area contributed by atoms with Crippen LogP contribution in [0.2, 0.25) is 0 Å². The predicted octanol–water partition coefficient (Wildman–Crippen LogP) is 5.23. The summed E-state index contributed by atoms with van der Waals surface area (Å²) in [7, 11) is 0. The summed E-state index contributed by atoms with van der Waals surface area (Å²) in [5, 5.41) is 5.85. The van der Waals surface area contributed by atoms with E-state index in [-0.39, 0.29) is 11.0 Å². The molecule has 1 amide bonds. The highest BCUT2D eigenvalue weighted by Gasteiger charge is 2.10. The van der Waals surface area contributed by atoms with E-state index in [0.717, 1.165) is 11.3 Å². The molecule has 33 heavy (non-hydrogen) atoms. The Bertz CT molecular complexity index is 1100. The molecule has 7 heteroatoms. The molecule has 0 aliphatic carbocycles. The first-order chi connectivity index (χ1) is 16.0. The highest BCUT2D eigenvalue weighted by Crippen LogP contribution is 2.18. The van der Waals surface area contributed by atoms with Crippen molar-refractivity contribution in [3.05, 3.63) is 96.6 Å². The van der Waals surface area contributed by atoms with Gasteiger partial charge in [0, 0.05) is 17.3 Å². The molecule has 6 nitrogen and oxygen atoms in total. The van der Waals surface area contributed by atoms with E-state index < -0.39 is 0 Å². The Morgan fingerprint density at radius 3 is 2.21 bits per heavy atom. The van der Waals surface area contributed by atoms with Gasteiger partial charge in [0.25, 0.3) is 5.91 Å². The molecule has 3 aromatic carbocycles. The number of amides is 1. The van der Waals surface area contributed by atoms with Crippen molar-refractivity contribution in [2.45, 2.75) is 6.92 Å². The largest absolute Gasteiger partial charge is 0.490 e. The van der Waals surface area contributed by atoms with Gasteiger partial charge in [0.05, 0.1) is 0 Å². The third kappa shape index (κ3) is 8.31. The lowest BCUT2D eigenvalue weighted by atomic mass is 10.2. The first-order valence-corrected chi connectivity index (χ1v) is 10.8. The van der Waals surface area contributed by atoms with Crippen LogP contribution in [0.4, 0.5) is 5.69 Å². The maximum atomic E-state index is 12.6. The molecule has 0 aliphatic heterocycles. The number of hydrogen-bond acceptors (Lipinski definition) is 5. The van der Waals surface area contributed by atoms with Crippen molar-refractivity contribution in [1.29, 1.82) is 0 Å². The lowest BCUT2D eigenvalue weighted by molar-refractivity contribution is 0.0977. The first kappa shape index (κ1) is 23.8. The molecule has 0 fully saturated rings. The third-order valence-corrected chi connectivity index (χ3v) is 4.47. The van der Waals surface area contributed by atoms with Gasteiger partial charge in [-0.15, -0.1) is 0 Å². The number of carbonyl (C=O) groups is 1. The van der Waals surface area contributed by atoms with E-state index in [1.165, 1.54) is 0 Å². The fourth-order valence-electron chi connectivity index (χ4n) is 2.77. The Balaban J connectivity index is 1.48. The molecule has 0 spiro atoms. The standard InChI is InChI=1S/C26H26N2O4S/c1-19(2)18-32-24-13-7-9-21(17-24)27-26(33)28-25(29)20-8-6-12-23(16-20)31-15-14-30-22-10-4-3-5-11-22/h3-13,16-17H,1,14-15,18H2,2H3,(H2,27,28,29,33). The fourth-order valence-corrected chi connectivity index (χ4v) is 2.98. The summed E-state index contributed by atoms with van der Waals surface area (Å²) in [5.41, 5.74) is 2.06. The molecule has 0 heterocycles. The van der Waals surface area contributed by atoms with E-state index in [4.69, 9.17) is 26.4 Å². The van der Waals surface area contributed by atoms with Crippen LogP contribution in [-0.2, 0) is 0 Å². The molecule has 0 saturated carbocycles. The Hall–Kier alpha value is -3.84. The smallest absolute Gasteiger partial charge is 0.257 e. The van der Waals surface area contributed by atoms with Gasteiger partial charge in [-0.3, -0.25) is 10.1 Å². The normalized spacial score (nSPS) is 10.1. The van der Waals surface area contributed by atoms with E-state index in [2.05, 4.69) is 17.2 Å². The Morgan fingerprint density at radius 2 is 1.48 bits per heavy atom. The SMILES string of the molecule is C=C(C)COc1cccc(NC(=S)NC(=O)c2cccc(OCCOc3ccccc3)c2)c1. The summed E-state index contributed by atoms with van der Waals surface area (Å²) in [6, 6.07) is 23.7. The van der Waals surface area contributed by atoms with Gasteiger partial charge in [0.2, 0.25) is 0 Å². The molecule has 0 aromatic heterocycles. The number of nitrogens with one attached hydrogen (secondary N) is 2. The molecule has 0 radical (unpaired) electrons. The van der Waals surface area contributed by atoms with Crippen LogP contribution in [0, 0.1) is 0 Å². The van der Waals surface area contributed by atoms with Gasteiger partial charge in [-0.25, -0.2) is 0 Å². The van der Waals surface area contributed by atoms with Crippen molar-refractivity contribution in [1.82, 2.24) is 5.32 Å². The van der Waals surface area contributed by atoms with Crippen molar-refractivity contribution in [3.8, 4) is 17.2 Å². The summed E-state index contributed by atoms with van der Waals surface area (Å²) in [6.45, 7) is 6.89. The van der Waals surface area contributed by atoms with Crippen LogP contribution < -0.4 is 24.8 Å². The average Bonchev–Trinajstić information content (AvgIpc) is 2.81. The summed E-state index contributed by atoms with van der Waals surface area (Å²) in [4.78, 5) is 12.6. The van der Waals surface area contributed by atoms with Crippen LogP contribution in [0.1, 0.15) is 17.3 Å². The highest BCUT2D eigenvalue weighted by molar-refractivity contribution is 7.80. The van der Waals surface area contributed by atoms with Gasteiger partial charge in [0.15, 0.2) is 5.11 Å². The second-order valence-electron chi connectivity index (χ2n) is 7.22. The highest BCUT2D eigenvalue weighted by atomic mass is 32.1. The Labute approximate surface area is 199 Å². The van der Waals surface area contributed by atoms with Crippen LogP contribution in [0.5, 0.6) is 17.2 Å². The molecule has 0 unspecified atom stereocenters. The first-order valence-electron chi connectivity index (χ1n) is 10.4. The molecular weight excluding hydrogens is 436 g/mol. The van der Waals surface area contributed by atoms with Crippen molar-refractivity contribution >= 4 is 28.9 Å². The minimum absolute atomic E-state index is 0.180. The summed E-state index contributed by atoms with van der Waals surface area (Å²) in [6.07, 6.45) is 0. The summed E-state index contributed by atoms with van der Waals surface area (Å²) >= 11 is 5.28. The number of hydrogen-bond donors (Lipinski definition) is 2.